The Kier molecular flexibility index (Phi) is 5.18. The molecule has 2 aromatic rings. The van der Waals surface area contributed by atoms with Crippen molar-refractivity contribution < 1.29 is 9.59 Å². The largest absolute Gasteiger partial charge is 0.342 e. The summed E-state index contributed by atoms with van der Waals surface area (Å²) in [6.07, 6.45) is 1.81. The van der Waals surface area contributed by atoms with E-state index in [1.54, 1.807) is 4.90 Å². The fourth-order valence-corrected chi connectivity index (χ4v) is 3.98. The first-order valence-corrected chi connectivity index (χ1v) is 9.38. The molecule has 2 amide bonds. The van der Waals surface area contributed by atoms with Crippen molar-refractivity contribution in [1.29, 1.82) is 0 Å². The minimum absolute atomic E-state index is 0.0966. The third-order valence-electron chi connectivity index (χ3n) is 4.46. The summed E-state index contributed by atoms with van der Waals surface area (Å²) in [5, 5.41) is 3.49. The number of aromatic nitrogens is 1. The summed E-state index contributed by atoms with van der Waals surface area (Å²) >= 11 is 1.49. The van der Waals surface area contributed by atoms with Crippen LogP contribution in [-0.4, -0.2) is 34.8 Å². The number of rotatable bonds is 5. The van der Waals surface area contributed by atoms with Crippen molar-refractivity contribution in [3.8, 4) is 11.3 Å². The fourth-order valence-electron chi connectivity index (χ4n) is 3.14. The smallest absolute Gasteiger partial charge is 0.227 e. The van der Waals surface area contributed by atoms with E-state index in [4.69, 9.17) is 0 Å². The van der Waals surface area contributed by atoms with E-state index < -0.39 is 0 Å². The topological polar surface area (TPSA) is 62.3 Å². The van der Waals surface area contributed by atoms with E-state index in [1.807, 2.05) is 6.92 Å². The van der Waals surface area contributed by atoms with Crippen molar-refractivity contribution in [3.63, 3.8) is 0 Å². The summed E-state index contributed by atoms with van der Waals surface area (Å²) in [6, 6.07) is 6.29. The molecule has 0 spiro atoms. The van der Waals surface area contributed by atoms with Crippen molar-refractivity contribution in [2.75, 3.05) is 18.4 Å². The number of anilines is 1. The Balaban J connectivity index is 1.65. The molecule has 0 bridgehead atoms. The number of hydrogen-bond acceptors (Lipinski definition) is 4. The Bertz CT molecular complexity index is 813. The van der Waals surface area contributed by atoms with E-state index in [0.29, 0.717) is 24.5 Å². The average Bonchev–Trinajstić information content (AvgIpc) is 3.11. The molecular formula is C19H23N3O2S. The summed E-state index contributed by atoms with van der Waals surface area (Å²) in [6.45, 7) is 7.41. The first kappa shape index (κ1) is 17.6. The molecule has 0 saturated carbocycles. The summed E-state index contributed by atoms with van der Waals surface area (Å²) < 4.78 is 0. The van der Waals surface area contributed by atoms with Gasteiger partial charge < -0.3 is 10.2 Å². The van der Waals surface area contributed by atoms with Gasteiger partial charge in [-0.05, 0) is 32.8 Å². The molecule has 1 aliphatic rings. The molecule has 5 nitrogen and oxygen atoms in total. The molecule has 1 fully saturated rings. The second kappa shape index (κ2) is 7.35. The van der Waals surface area contributed by atoms with Crippen molar-refractivity contribution in [1.82, 2.24) is 9.88 Å². The Morgan fingerprint density at radius 3 is 2.80 bits per heavy atom. The number of amides is 2. The molecule has 0 atom stereocenters. The summed E-state index contributed by atoms with van der Waals surface area (Å²) in [5.74, 6) is 0.0515. The molecule has 2 heterocycles. The predicted molar refractivity (Wildman–Crippen MR) is 101 cm³/mol. The second-order valence-corrected chi connectivity index (χ2v) is 7.73. The highest BCUT2D eigenvalue weighted by Crippen LogP contribution is 2.32. The number of nitrogens with zero attached hydrogens (tertiary/aromatic N) is 2. The molecule has 3 rings (SSSR count). The normalized spacial score (nSPS) is 14.2. The molecule has 6 heteroatoms. The molecule has 132 valence electrons. The number of nitrogens with one attached hydrogen (secondary N) is 1. The van der Waals surface area contributed by atoms with Gasteiger partial charge in [0.05, 0.1) is 5.69 Å². The molecule has 1 saturated heterocycles. The zero-order valence-corrected chi connectivity index (χ0v) is 15.7. The average molecular weight is 357 g/mol. The highest BCUT2D eigenvalue weighted by atomic mass is 32.1. The van der Waals surface area contributed by atoms with Crippen LogP contribution in [-0.2, 0) is 9.59 Å². The van der Waals surface area contributed by atoms with Gasteiger partial charge in [0, 0.05) is 36.4 Å². The van der Waals surface area contributed by atoms with E-state index in [9.17, 15) is 9.59 Å². The number of carbonyl (C=O) groups excluding carboxylic acids is 2. The SMILES string of the molecule is Cc1ccc(-c2nc(NC(=O)CCN3CCCC3=O)sc2C)c(C)c1. The number of benzene rings is 1. The highest BCUT2D eigenvalue weighted by Gasteiger charge is 2.21. The lowest BCUT2D eigenvalue weighted by molar-refractivity contribution is -0.128. The number of likely N-dealkylation sites (tertiary alicyclic amines) is 1. The van der Waals surface area contributed by atoms with Gasteiger partial charge in [0.1, 0.15) is 0 Å². The van der Waals surface area contributed by atoms with Crippen LogP contribution in [0.25, 0.3) is 11.3 Å². The highest BCUT2D eigenvalue weighted by molar-refractivity contribution is 7.16. The second-order valence-electron chi connectivity index (χ2n) is 6.52. The quantitative estimate of drug-likeness (QED) is 0.888. The van der Waals surface area contributed by atoms with Gasteiger partial charge in [-0.3, -0.25) is 9.59 Å². The van der Waals surface area contributed by atoms with E-state index in [2.05, 4.69) is 42.3 Å². The fraction of sp³-hybridized carbons (Fsp3) is 0.421. The Morgan fingerprint density at radius 1 is 1.32 bits per heavy atom. The van der Waals surface area contributed by atoms with Crippen LogP contribution in [0.1, 0.15) is 35.3 Å². The third kappa shape index (κ3) is 4.07. The standard InChI is InChI=1S/C19H23N3O2S/c1-12-6-7-15(13(2)11-12)18-14(3)25-19(21-18)20-16(23)8-10-22-9-4-5-17(22)24/h6-7,11H,4-5,8-10H2,1-3H3,(H,20,21,23). The summed E-state index contributed by atoms with van der Waals surface area (Å²) in [7, 11) is 0. The van der Waals surface area contributed by atoms with E-state index in [0.717, 1.165) is 29.1 Å². The van der Waals surface area contributed by atoms with Crippen molar-refractivity contribution in [3.05, 3.63) is 34.2 Å². The third-order valence-corrected chi connectivity index (χ3v) is 5.35. The monoisotopic (exact) mass is 357 g/mol. The zero-order valence-electron chi connectivity index (χ0n) is 14.9. The van der Waals surface area contributed by atoms with Gasteiger partial charge >= 0.3 is 0 Å². The maximum absolute atomic E-state index is 12.2. The molecular weight excluding hydrogens is 334 g/mol. The van der Waals surface area contributed by atoms with Crippen LogP contribution in [0.4, 0.5) is 5.13 Å². The van der Waals surface area contributed by atoms with Crippen molar-refractivity contribution in [2.24, 2.45) is 0 Å². The van der Waals surface area contributed by atoms with Crippen LogP contribution in [0.15, 0.2) is 18.2 Å². The van der Waals surface area contributed by atoms with Crippen LogP contribution >= 0.6 is 11.3 Å². The molecule has 1 aromatic carbocycles. The number of thiazole rings is 1. The van der Waals surface area contributed by atoms with Gasteiger partial charge in [-0.25, -0.2) is 4.98 Å². The molecule has 25 heavy (non-hydrogen) atoms. The van der Waals surface area contributed by atoms with Crippen LogP contribution in [0, 0.1) is 20.8 Å². The molecule has 1 aromatic heterocycles. The van der Waals surface area contributed by atoms with Crippen LogP contribution in [0.3, 0.4) is 0 Å². The van der Waals surface area contributed by atoms with Crippen molar-refractivity contribution >= 4 is 28.3 Å². The zero-order chi connectivity index (χ0) is 18.0. The first-order chi connectivity index (χ1) is 11.9. The van der Waals surface area contributed by atoms with Gasteiger partial charge in [-0.15, -0.1) is 11.3 Å². The van der Waals surface area contributed by atoms with Gasteiger partial charge in [0.25, 0.3) is 0 Å². The van der Waals surface area contributed by atoms with E-state index in [-0.39, 0.29) is 11.8 Å². The van der Waals surface area contributed by atoms with Crippen LogP contribution < -0.4 is 5.32 Å². The molecule has 1 aliphatic heterocycles. The van der Waals surface area contributed by atoms with Crippen LogP contribution in [0.5, 0.6) is 0 Å². The molecule has 0 aliphatic carbocycles. The Hall–Kier alpha value is -2.21. The molecule has 1 N–H and O–H groups in total. The number of carbonyl (C=O) groups is 2. The van der Waals surface area contributed by atoms with Gasteiger partial charge in [-0.1, -0.05) is 23.8 Å². The summed E-state index contributed by atoms with van der Waals surface area (Å²) in [5.41, 5.74) is 4.42. The lowest BCUT2D eigenvalue weighted by Gasteiger charge is -2.14. The van der Waals surface area contributed by atoms with E-state index in [1.165, 1.54) is 22.5 Å². The van der Waals surface area contributed by atoms with Crippen molar-refractivity contribution in [2.45, 2.75) is 40.0 Å². The molecule has 0 unspecified atom stereocenters. The first-order valence-electron chi connectivity index (χ1n) is 8.56. The van der Waals surface area contributed by atoms with Gasteiger partial charge in [-0.2, -0.15) is 0 Å². The number of hydrogen-bond donors (Lipinski definition) is 1. The Labute approximate surface area is 152 Å². The minimum atomic E-state index is -0.0966. The van der Waals surface area contributed by atoms with E-state index >= 15 is 0 Å². The predicted octanol–water partition coefficient (Wildman–Crippen LogP) is 3.69. The molecule has 0 radical (unpaired) electrons. The lowest BCUT2D eigenvalue weighted by atomic mass is 10.0. The van der Waals surface area contributed by atoms with Gasteiger partial charge in [0.2, 0.25) is 11.8 Å². The lowest BCUT2D eigenvalue weighted by Crippen LogP contribution is -2.28. The maximum Gasteiger partial charge on any atom is 0.227 e. The minimum Gasteiger partial charge on any atom is -0.342 e. The Morgan fingerprint density at radius 2 is 2.12 bits per heavy atom. The van der Waals surface area contributed by atoms with Crippen LogP contribution in [0.2, 0.25) is 0 Å². The summed E-state index contributed by atoms with van der Waals surface area (Å²) in [4.78, 5) is 31.2. The number of aryl methyl sites for hydroxylation is 3. The van der Waals surface area contributed by atoms with Gasteiger partial charge in [0.15, 0.2) is 5.13 Å². The maximum atomic E-state index is 12.2.